The Morgan fingerprint density at radius 3 is 2.45 bits per heavy atom. The molecule has 4 rings (SSSR count). The normalized spacial score (nSPS) is 14.8. The van der Waals surface area contributed by atoms with Crippen molar-refractivity contribution in [3.05, 3.63) is 96.6 Å². The second-order valence-corrected chi connectivity index (χ2v) is 7.90. The number of benzene rings is 2. The molecule has 0 saturated heterocycles. The summed E-state index contributed by atoms with van der Waals surface area (Å²) in [4.78, 5) is 22.6. The van der Waals surface area contributed by atoms with Crippen molar-refractivity contribution >= 4 is 55.4 Å². The van der Waals surface area contributed by atoms with Gasteiger partial charge in [0, 0.05) is 32.2 Å². The number of hydrogen-bond acceptors (Lipinski definition) is 5. The number of hydrogen-bond donors (Lipinski definition) is 0. The highest BCUT2D eigenvalue weighted by Gasteiger charge is 2.22. The van der Waals surface area contributed by atoms with Crippen molar-refractivity contribution in [1.82, 2.24) is 0 Å². The molecule has 0 unspecified atom stereocenters. The number of rotatable bonds is 4. The Balaban J connectivity index is 1.61. The molecule has 8 heteroatoms. The fourth-order valence-corrected chi connectivity index (χ4v) is 3.62. The zero-order chi connectivity index (χ0) is 20.5. The Bertz CT molecular complexity index is 1190. The van der Waals surface area contributed by atoms with Gasteiger partial charge in [-0.15, -0.1) is 0 Å². The number of esters is 1. The van der Waals surface area contributed by atoms with E-state index in [1.165, 1.54) is 12.1 Å². The lowest BCUT2D eigenvalue weighted by molar-refractivity contribution is -0.384. The van der Waals surface area contributed by atoms with Gasteiger partial charge in [-0.2, -0.15) is 0 Å². The van der Waals surface area contributed by atoms with Gasteiger partial charge in [-0.3, -0.25) is 10.1 Å². The topological polar surface area (TPSA) is 82.6 Å². The third-order valence-electron chi connectivity index (χ3n) is 4.21. The summed E-state index contributed by atoms with van der Waals surface area (Å²) >= 11 is 6.70. The van der Waals surface area contributed by atoms with Crippen LogP contribution in [0.3, 0.4) is 0 Å². The van der Waals surface area contributed by atoms with E-state index in [1.807, 2.05) is 24.3 Å². The van der Waals surface area contributed by atoms with E-state index in [1.54, 1.807) is 30.4 Å². The molecule has 0 aliphatic carbocycles. The second kappa shape index (κ2) is 7.81. The first-order valence-corrected chi connectivity index (χ1v) is 9.95. The lowest BCUT2D eigenvalue weighted by Crippen LogP contribution is -1.96. The molecule has 0 fully saturated rings. The third-order valence-corrected chi connectivity index (χ3v) is 5.39. The standard InChI is InChI=1S/C21H11Br2NO5/c22-14-3-1-12(2-4-14)20-10-13(21(25)29-20)9-16-6-8-19(28-16)17-7-5-15(24(26)27)11-18(17)23/h1-11H/b13-9-. The summed E-state index contributed by atoms with van der Waals surface area (Å²) in [5, 5.41) is 10.9. The number of nitro benzene ring substituents is 1. The van der Waals surface area contributed by atoms with Gasteiger partial charge >= 0.3 is 5.97 Å². The number of carbonyl (C=O) groups excluding carboxylic acids is 1. The minimum absolute atomic E-state index is 0.0196. The molecule has 2 heterocycles. The van der Waals surface area contributed by atoms with Crippen LogP contribution in [0.1, 0.15) is 11.3 Å². The van der Waals surface area contributed by atoms with Crippen molar-refractivity contribution in [3.63, 3.8) is 0 Å². The average molecular weight is 517 g/mol. The number of nitro groups is 1. The zero-order valence-corrected chi connectivity index (χ0v) is 17.8. The Morgan fingerprint density at radius 2 is 1.76 bits per heavy atom. The molecule has 0 spiro atoms. The molecule has 0 N–H and O–H groups in total. The minimum atomic E-state index is -0.465. The Hall–Kier alpha value is -2.97. The van der Waals surface area contributed by atoms with E-state index in [4.69, 9.17) is 9.15 Å². The summed E-state index contributed by atoms with van der Waals surface area (Å²) in [6.45, 7) is 0. The molecule has 0 atom stereocenters. The van der Waals surface area contributed by atoms with Gasteiger partial charge in [-0.05, 0) is 58.4 Å². The van der Waals surface area contributed by atoms with Gasteiger partial charge in [-0.1, -0.05) is 28.1 Å². The van der Waals surface area contributed by atoms with Crippen LogP contribution >= 0.6 is 31.9 Å². The molecule has 0 amide bonds. The smallest absolute Gasteiger partial charge is 0.343 e. The van der Waals surface area contributed by atoms with Gasteiger partial charge < -0.3 is 9.15 Å². The molecule has 1 aliphatic rings. The molecule has 144 valence electrons. The summed E-state index contributed by atoms with van der Waals surface area (Å²) in [6, 6.07) is 15.3. The van der Waals surface area contributed by atoms with Crippen molar-refractivity contribution in [2.45, 2.75) is 0 Å². The quantitative estimate of drug-likeness (QED) is 0.174. The lowest BCUT2D eigenvalue weighted by Gasteiger charge is -2.01. The number of carbonyl (C=O) groups is 1. The van der Waals surface area contributed by atoms with E-state index in [2.05, 4.69) is 31.9 Å². The highest BCUT2D eigenvalue weighted by molar-refractivity contribution is 9.10. The van der Waals surface area contributed by atoms with Crippen LogP contribution in [0.15, 0.2) is 79.6 Å². The highest BCUT2D eigenvalue weighted by Crippen LogP contribution is 2.34. The van der Waals surface area contributed by atoms with Gasteiger partial charge in [-0.25, -0.2) is 4.79 Å². The number of furan rings is 1. The zero-order valence-electron chi connectivity index (χ0n) is 14.6. The number of nitrogens with zero attached hydrogens (tertiary/aromatic N) is 1. The number of cyclic esters (lactones) is 1. The Labute approximate surface area is 181 Å². The van der Waals surface area contributed by atoms with E-state index in [-0.39, 0.29) is 5.69 Å². The summed E-state index contributed by atoms with van der Waals surface area (Å²) in [7, 11) is 0. The Morgan fingerprint density at radius 1 is 1.00 bits per heavy atom. The molecule has 0 radical (unpaired) electrons. The summed E-state index contributed by atoms with van der Waals surface area (Å²) in [5.74, 6) is 0.989. The molecule has 3 aromatic rings. The van der Waals surface area contributed by atoms with Crippen molar-refractivity contribution in [2.75, 3.05) is 0 Å². The van der Waals surface area contributed by atoms with Gasteiger partial charge in [0.2, 0.25) is 0 Å². The van der Waals surface area contributed by atoms with Gasteiger partial charge in [0.15, 0.2) is 0 Å². The first-order chi connectivity index (χ1) is 13.9. The van der Waals surface area contributed by atoms with E-state index < -0.39 is 10.9 Å². The van der Waals surface area contributed by atoms with Crippen LogP contribution in [0.25, 0.3) is 23.2 Å². The maximum absolute atomic E-state index is 12.2. The molecule has 6 nitrogen and oxygen atoms in total. The van der Waals surface area contributed by atoms with Crippen LogP contribution in [0, 0.1) is 10.1 Å². The van der Waals surface area contributed by atoms with Crippen LogP contribution in [-0.2, 0) is 9.53 Å². The fraction of sp³-hybridized carbons (Fsp3) is 0. The van der Waals surface area contributed by atoms with E-state index >= 15 is 0 Å². The van der Waals surface area contributed by atoms with Crippen LogP contribution in [-0.4, -0.2) is 10.9 Å². The van der Waals surface area contributed by atoms with Crippen molar-refractivity contribution in [1.29, 1.82) is 0 Å². The van der Waals surface area contributed by atoms with Crippen LogP contribution in [0.5, 0.6) is 0 Å². The molecule has 29 heavy (non-hydrogen) atoms. The van der Waals surface area contributed by atoms with Crippen molar-refractivity contribution in [2.24, 2.45) is 0 Å². The van der Waals surface area contributed by atoms with Gasteiger partial charge in [0.05, 0.1) is 10.5 Å². The van der Waals surface area contributed by atoms with Crippen LogP contribution in [0.2, 0.25) is 0 Å². The molecule has 1 aromatic heterocycles. The predicted molar refractivity (Wildman–Crippen MR) is 115 cm³/mol. The van der Waals surface area contributed by atoms with E-state index in [0.717, 1.165) is 10.0 Å². The highest BCUT2D eigenvalue weighted by atomic mass is 79.9. The molecular formula is C21H11Br2NO5. The van der Waals surface area contributed by atoms with E-state index in [9.17, 15) is 14.9 Å². The molecular weight excluding hydrogens is 506 g/mol. The lowest BCUT2D eigenvalue weighted by atomic mass is 10.1. The number of halogens is 2. The summed E-state index contributed by atoms with van der Waals surface area (Å²) in [5.41, 5.74) is 1.81. The monoisotopic (exact) mass is 515 g/mol. The van der Waals surface area contributed by atoms with Gasteiger partial charge in [0.1, 0.15) is 17.3 Å². The maximum atomic E-state index is 12.2. The van der Waals surface area contributed by atoms with Gasteiger partial charge in [0.25, 0.3) is 5.69 Å². The third kappa shape index (κ3) is 4.08. The molecule has 2 aromatic carbocycles. The van der Waals surface area contributed by atoms with Crippen molar-refractivity contribution < 1.29 is 18.9 Å². The first-order valence-electron chi connectivity index (χ1n) is 8.36. The van der Waals surface area contributed by atoms with Crippen LogP contribution in [0.4, 0.5) is 5.69 Å². The fourth-order valence-electron chi connectivity index (χ4n) is 2.79. The minimum Gasteiger partial charge on any atom is -0.457 e. The van der Waals surface area contributed by atoms with Crippen molar-refractivity contribution in [3.8, 4) is 11.3 Å². The number of non-ortho nitro benzene ring substituents is 1. The molecule has 0 saturated carbocycles. The summed E-state index contributed by atoms with van der Waals surface area (Å²) < 4.78 is 12.6. The largest absolute Gasteiger partial charge is 0.457 e. The molecule has 0 bridgehead atoms. The maximum Gasteiger partial charge on any atom is 0.343 e. The number of ether oxygens (including phenoxy) is 1. The summed E-state index contributed by atoms with van der Waals surface area (Å²) in [6.07, 6.45) is 3.26. The SMILES string of the molecule is O=C1OC(c2ccc(Br)cc2)=C/C1=C/c1ccc(-c2ccc([N+](=O)[O-])cc2Br)o1. The van der Waals surface area contributed by atoms with E-state index in [0.29, 0.717) is 32.9 Å². The average Bonchev–Trinajstić information content (AvgIpc) is 3.29. The Kier molecular flexibility index (Phi) is 5.21. The predicted octanol–water partition coefficient (Wildman–Crippen LogP) is 6.36. The molecule has 1 aliphatic heterocycles. The second-order valence-electron chi connectivity index (χ2n) is 6.13. The van der Waals surface area contributed by atoms with Crippen LogP contribution < -0.4 is 0 Å². The first kappa shape index (κ1) is 19.4.